The van der Waals surface area contributed by atoms with Gasteiger partial charge in [0.15, 0.2) is 0 Å². The first kappa shape index (κ1) is 19.7. The molecule has 1 N–H and O–H groups in total. The maximum Gasteiger partial charge on any atom is 0.317 e. The van der Waals surface area contributed by atoms with Crippen molar-refractivity contribution in [3.63, 3.8) is 0 Å². The van der Waals surface area contributed by atoms with E-state index in [1.807, 2.05) is 47.4 Å². The van der Waals surface area contributed by atoms with Crippen LogP contribution < -0.4 is 15.0 Å². The number of piperazine rings is 1. The number of hydrogen-bond donors (Lipinski definition) is 1. The largest absolute Gasteiger partial charge is 0.492 e. The second kappa shape index (κ2) is 9.25. The molecular weight excluding hydrogens is 384 g/mol. The van der Waals surface area contributed by atoms with Crippen molar-refractivity contribution in [2.45, 2.75) is 6.92 Å². The van der Waals surface area contributed by atoms with Gasteiger partial charge in [0, 0.05) is 44.9 Å². The van der Waals surface area contributed by atoms with Crippen LogP contribution in [0.25, 0.3) is 11.4 Å². The summed E-state index contributed by atoms with van der Waals surface area (Å²) in [7, 11) is 0. The first-order valence-electron chi connectivity index (χ1n) is 9.91. The fourth-order valence-electron chi connectivity index (χ4n) is 3.22. The molecule has 0 spiro atoms. The zero-order valence-corrected chi connectivity index (χ0v) is 16.8. The molecule has 2 amide bonds. The molecule has 0 unspecified atom stereocenters. The summed E-state index contributed by atoms with van der Waals surface area (Å²) in [6.07, 6.45) is 1.74. The minimum atomic E-state index is -0.0675. The van der Waals surface area contributed by atoms with E-state index in [4.69, 9.17) is 9.26 Å². The van der Waals surface area contributed by atoms with Crippen molar-refractivity contribution in [2.24, 2.45) is 0 Å². The third-order valence-electron chi connectivity index (χ3n) is 4.81. The van der Waals surface area contributed by atoms with Gasteiger partial charge < -0.3 is 24.4 Å². The Morgan fingerprint density at radius 3 is 2.60 bits per heavy atom. The van der Waals surface area contributed by atoms with Gasteiger partial charge in [-0.2, -0.15) is 4.98 Å². The summed E-state index contributed by atoms with van der Waals surface area (Å²) >= 11 is 0. The number of aromatic nitrogens is 3. The number of amides is 2. The van der Waals surface area contributed by atoms with Crippen LogP contribution in [0.2, 0.25) is 0 Å². The van der Waals surface area contributed by atoms with Crippen LogP contribution in [-0.4, -0.2) is 65.4 Å². The monoisotopic (exact) mass is 408 g/mol. The molecule has 0 saturated carbocycles. The van der Waals surface area contributed by atoms with E-state index >= 15 is 0 Å². The lowest BCUT2D eigenvalue weighted by Gasteiger charge is -2.35. The molecule has 156 valence electrons. The Hall–Kier alpha value is -3.62. The molecule has 9 nitrogen and oxygen atoms in total. The van der Waals surface area contributed by atoms with Gasteiger partial charge >= 0.3 is 6.03 Å². The number of hydrogen-bond acceptors (Lipinski definition) is 7. The summed E-state index contributed by atoms with van der Waals surface area (Å²) in [5.74, 6) is 2.73. The Kier molecular flexibility index (Phi) is 6.07. The van der Waals surface area contributed by atoms with E-state index in [0.717, 1.165) is 30.2 Å². The van der Waals surface area contributed by atoms with E-state index < -0.39 is 0 Å². The quantitative estimate of drug-likeness (QED) is 0.626. The van der Waals surface area contributed by atoms with E-state index in [9.17, 15) is 4.79 Å². The van der Waals surface area contributed by atoms with Gasteiger partial charge in [-0.3, -0.25) is 0 Å². The van der Waals surface area contributed by atoms with Crippen molar-refractivity contribution in [3.05, 3.63) is 54.6 Å². The number of rotatable bonds is 6. The summed E-state index contributed by atoms with van der Waals surface area (Å²) in [6, 6.07) is 13.4. The molecule has 0 aliphatic carbocycles. The molecule has 1 aromatic carbocycles. The Bertz CT molecular complexity index is 952. The van der Waals surface area contributed by atoms with Crippen molar-refractivity contribution in [1.29, 1.82) is 0 Å². The molecule has 3 aromatic rings. The van der Waals surface area contributed by atoms with Crippen molar-refractivity contribution in [3.8, 4) is 17.1 Å². The molecule has 3 heterocycles. The van der Waals surface area contributed by atoms with Gasteiger partial charge in [0.25, 0.3) is 0 Å². The smallest absolute Gasteiger partial charge is 0.317 e. The van der Waals surface area contributed by atoms with E-state index in [2.05, 4.69) is 25.3 Å². The van der Waals surface area contributed by atoms with Crippen molar-refractivity contribution in [1.82, 2.24) is 25.3 Å². The fourth-order valence-corrected chi connectivity index (χ4v) is 3.22. The number of urea groups is 1. The number of carbonyl (C=O) groups is 1. The third-order valence-corrected chi connectivity index (χ3v) is 4.81. The van der Waals surface area contributed by atoms with Crippen LogP contribution in [0.1, 0.15) is 5.89 Å². The maximum absolute atomic E-state index is 12.4. The van der Waals surface area contributed by atoms with E-state index in [-0.39, 0.29) is 6.03 Å². The second-order valence-corrected chi connectivity index (χ2v) is 6.91. The number of ether oxygens (including phenoxy) is 1. The van der Waals surface area contributed by atoms with Gasteiger partial charge in [-0.1, -0.05) is 23.4 Å². The number of nitrogens with one attached hydrogen (secondary N) is 1. The topological polar surface area (TPSA) is 96.6 Å². The average molecular weight is 408 g/mol. The van der Waals surface area contributed by atoms with Gasteiger partial charge in [-0.05, 0) is 24.3 Å². The zero-order valence-electron chi connectivity index (χ0n) is 16.8. The highest BCUT2D eigenvalue weighted by Crippen LogP contribution is 2.19. The summed E-state index contributed by atoms with van der Waals surface area (Å²) in [6.45, 7) is 5.38. The van der Waals surface area contributed by atoms with Gasteiger partial charge in [-0.15, -0.1) is 0 Å². The highest BCUT2D eigenvalue weighted by molar-refractivity contribution is 5.74. The number of para-hydroxylation sites is 1. The summed E-state index contributed by atoms with van der Waals surface area (Å²) in [5.41, 5.74) is 0.811. The highest BCUT2D eigenvalue weighted by atomic mass is 16.5. The number of pyridine rings is 1. The third kappa shape index (κ3) is 4.86. The first-order valence-corrected chi connectivity index (χ1v) is 9.91. The van der Waals surface area contributed by atoms with Crippen LogP contribution in [0.3, 0.4) is 0 Å². The molecule has 0 radical (unpaired) electrons. The van der Waals surface area contributed by atoms with Crippen LogP contribution in [0.4, 0.5) is 10.6 Å². The minimum Gasteiger partial charge on any atom is -0.492 e. The SMILES string of the molecule is Cc1nc(-c2ccc(N3CCN(C(=O)NCCOc4ccccc4)CC3)nc2)no1. The number of nitrogens with zero attached hydrogens (tertiary/aromatic N) is 5. The molecule has 30 heavy (non-hydrogen) atoms. The molecule has 2 aromatic heterocycles. The van der Waals surface area contributed by atoms with E-state index in [1.54, 1.807) is 13.1 Å². The Balaban J connectivity index is 1.21. The van der Waals surface area contributed by atoms with Gasteiger partial charge in [0.05, 0.1) is 6.54 Å². The summed E-state index contributed by atoms with van der Waals surface area (Å²) in [4.78, 5) is 25.1. The van der Waals surface area contributed by atoms with Crippen LogP contribution in [0.15, 0.2) is 53.2 Å². The molecular formula is C21H24N6O3. The number of benzene rings is 1. The fraction of sp³-hybridized carbons (Fsp3) is 0.333. The first-order chi connectivity index (χ1) is 14.7. The average Bonchev–Trinajstić information content (AvgIpc) is 3.24. The van der Waals surface area contributed by atoms with E-state index in [0.29, 0.717) is 38.0 Å². The number of aryl methyl sites for hydroxylation is 1. The van der Waals surface area contributed by atoms with Crippen molar-refractivity contribution in [2.75, 3.05) is 44.2 Å². The Morgan fingerprint density at radius 2 is 1.93 bits per heavy atom. The normalized spacial score (nSPS) is 13.9. The number of anilines is 1. The predicted octanol–water partition coefficient (Wildman–Crippen LogP) is 2.35. The predicted molar refractivity (Wildman–Crippen MR) is 111 cm³/mol. The second-order valence-electron chi connectivity index (χ2n) is 6.91. The highest BCUT2D eigenvalue weighted by Gasteiger charge is 2.21. The van der Waals surface area contributed by atoms with Crippen LogP contribution in [0.5, 0.6) is 5.75 Å². The molecule has 9 heteroatoms. The molecule has 0 bridgehead atoms. The van der Waals surface area contributed by atoms with Gasteiger partial charge in [-0.25, -0.2) is 9.78 Å². The van der Waals surface area contributed by atoms with Gasteiger partial charge in [0.1, 0.15) is 18.2 Å². The lowest BCUT2D eigenvalue weighted by Crippen LogP contribution is -2.52. The summed E-state index contributed by atoms with van der Waals surface area (Å²) < 4.78 is 10.6. The maximum atomic E-state index is 12.4. The zero-order chi connectivity index (χ0) is 20.8. The standard InChI is InChI=1S/C21H24N6O3/c1-16-24-20(25-30-16)17-7-8-19(23-15-17)26-10-12-27(13-11-26)21(28)22-9-14-29-18-5-3-2-4-6-18/h2-8,15H,9-14H2,1H3,(H,22,28). The number of carbonyl (C=O) groups excluding carboxylic acids is 1. The molecule has 1 fully saturated rings. The lowest BCUT2D eigenvalue weighted by molar-refractivity contribution is 0.191. The molecule has 1 aliphatic heterocycles. The molecule has 0 atom stereocenters. The van der Waals surface area contributed by atoms with E-state index in [1.165, 1.54) is 0 Å². The van der Waals surface area contributed by atoms with Crippen LogP contribution >= 0.6 is 0 Å². The van der Waals surface area contributed by atoms with Crippen LogP contribution in [0, 0.1) is 6.92 Å². The summed E-state index contributed by atoms with van der Waals surface area (Å²) in [5, 5.41) is 6.82. The lowest BCUT2D eigenvalue weighted by atomic mass is 10.2. The molecule has 1 saturated heterocycles. The van der Waals surface area contributed by atoms with Crippen molar-refractivity contribution >= 4 is 11.8 Å². The van der Waals surface area contributed by atoms with Crippen LogP contribution in [-0.2, 0) is 0 Å². The Labute approximate surface area is 174 Å². The van der Waals surface area contributed by atoms with Crippen molar-refractivity contribution < 1.29 is 14.1 Å². The molecule has 4 rings (SSSR count). The Morgan fingerprint density at radius 1 is 1.13 bits per heavy atom. The molecule has 1 aliphatic rings. The minimum absolute atomic E-state index is 0.0675. The van der Waals surface area contributed by atoms with Gasteiger partial charge in [0.2, 0.25) is 11.7 Å².